The molecule has 2 aromatic rings. The van der Waals surface area contributed by atoms with Crippen LogP contribution in [0.2, 0.25) is 0 Å². The summed E-state index contributed by atoms with van der Waals surface area (Å²) in [5.74, 6) is 1.91. The van der Waals surface area contributed by atoms with E-state index < -0.39 is 0 Å². The predicted octanol–water partition coefficient (Wildman–Crippen LogP) is 3.86. The van der Waals surface area contributed by atoms with Gasteiger partial charge in [0.2, 0.25) is 5.95 Å². The lowest BCUT2D eigenvalue weighted by atomic mass is 9.89. The summed E-state index contributed by atoms with van der Waals surface area (Å²) in [6.07, 6.45) is 5.23. The van der Waals surface area contributed by atoms with Crippen LogP contribution in [0.3, 0.4) is 0 Å². The Labute approximate surface area is 144 Å². The monoisotopic (exact) mass is 325 g/mol. The van der Waals surface area contributed by atoms with Gasteiger partial charge in [-0.15, -0.1) is 0 Å². The molecule has 0 aliphatic carbocycles. The molecule has 24 heavy (non-hydrogen) atoms. The van der Waals surface area contributed by atoms with Crippen molar-refractivity contribution < 1.29 is 5.11 Å². The van der Waals surface area contributed by atoms with Crippen LogP contribution in [0.15, 0.2) is 36.7 Å². The highest BCUT2D eigenvalue weighted by molar-refractivity contribution is 5.63. The van der Waals surface area contributed by atoms with E-state index >= 15 is 0 Å². The predicted molar refractivity (Wildman–Crippen MR) is 98.2 cm³/mol. The molecular weight excluding hydrogens is 298 g/mol. The Bertz CT molecular complexity index is 661. The third-order valence-corrected chi connectivity index (χ3v) is 5.13. The topological polar surface area (TPSA) is 49.2 Å². The van der Waals surface area contributed by atoms with Gasteiger partial charge in [0.1, 0.15) is 0 Å². The Morgan fingerprint density at radius 2 is 1.71 bits per heavy atom. The van der Waals surface area contributed by atoms with Crippen LogP contribution in [0.1, 0.15) is 45.1 Å². The van der Waals surface area contributed by atoms with Crippen molar-refractivity contribution in [2.24, 2.45) is 5.92 Å². The number of aliphatic hydroxyl groups is 1. The van der Waals surface area contributed by atoms with E-state index in [0.29, 0.717) is 11.8 Å². The Hall–Kier alpha value is -1.94. The van der Waals surface area contributed by atoms with E-state index in [-0.39, 0.29) is 6.10 Å². The molecule has 0 unspecified atom stereocenters. The minimum atomic E-state index is -0.175. The van der Waals surface area contributed by atoms with Crippen LogP contribution in [0.4, 0.5) is 5.95 Å². The second kappa shape index (κ2) is 7.31. The van der Waals surface area contributed by atoms with Crippen molar-refractivity contribution >= 4 is 5.95 Å². The second-order valence-electron chi connectivity index (χ2n) is 7.15. The number of aromatic nitrogens is 2. The van der Waals surface area contributed by atoms with Gasteiger partial charge in [-0.2, -0.15) is 0 Å². The molecule has 4 heteroatoms. The highest BCUT2D eigenvalue weighted by Crippen LogP contribution is 2.28. The van der Waals surface area contributed by atoms with E-state index in [4.69, 9.17) is 0 Å². The molecule has 1 aromatic carbocycles. The average molecular weight is 325 g/mol. The quantitative estimate of drug-likeness (QED) is 0.927. The van der Waals surface area contributed by atoms with E-state index in [1.165, 1.54) is 11.1 Å². The molecule has 0 bridgehead atoms. The number of piperidine rings is 1. The van der Waals surface area contributed by atoms with Gasteiger partial charge in [0.05, 0.1) is 6.10 Å². The van der Waals surface area contributed by atoms with E-state index in [9.17, 15) is 5.11 Å². The zero-order valence-electron chi connectivity index (χ0n) is 14.8. The first-order chi connectivity index (χ1) is 11.5. The van der Waals surface area contributed by atoms with E-state index in [1.54, 1.807) is 0 Å². The van der Waals surface area contributed by atoms with Gasteiger partial charge in [-0.25, -0.2) is 9.97 Å². The molecule has 128 valence electrons. The SMILES string of the molecule is CC(C)[C@@H](C)c1cccc(-c2cnc(N3CCC(O)CC3)nc2)c1. The van der Waals surface area contributed by atoms with Gasteiger partial charge >= 0.3 is 0 Å². The van der Waals surface area contributed by atoms with Crippen molar-refractivity contribution in [3.05, 3.63) is 42.2 Å². The van der Waals surface area contributed by atoms with Gasteiger partial charge in [-0.05, 0) is 35.8 Å². The summed E-state index contributed by atoms with van der Waals surface area (Å²) in [7, 11) is 0. The zero-order valence-corrected chi connectivity index (χ0v) is 14.8. The molecule has 2 heterocycles. The number of benzene rings is 1. The summed E-state index contributed by atoms with van der Waals surface area (Å²) in [6.45, 7) is 8.42. The fourth-order valence-electron chi connectivity index (χ4n) is 3.09. The standard InChI is InChI=1S/C20H27N3O/c1-14(2)15(3)16-5-4-6-17(11-16)18-12-21-20(22-13-18)23-9-7-19(24)8-10-23/h4-6,11-15,19,24H,7-10H2,1-3H3/t15-/m1/s1. The van der Waals surface area contributed by atoms with E-state index in [2.05, 4.69) is 59.9 Å². The lowest BCUT2D eigenvalue weighted by Crippen LogP contribution is -2.36. The van der Waals surface area contributed by atoms with Crippen molar-refractivity contribution in [1.82, 2.24) is 9.97 Å². The maximum Gasteiger partial charge on any atom is 0.225 e. The van der Waals surface area contributed by atoms with Crippen LogP contribution in [-0.4, -0.2) is 34.3 Å². The summed E-state index contributed by atoms with van der Waals surface area (Å²) in [4.78, 5) is 11.2. The Morgan fingerprint density at radius 3 is 2.33 bits per heavy atom. The smallest absolute Gasteiger partial charge is 0.225 e. The first-order valence-electron chi connectivity index (χ1n) is 8.90. The number of aliphatic hydroxyl groups excluding tert-OH is 1. The third-order valence-electron chi connectivity index (χ3n) is 5.13. The van der Waals surface area contributed by atoms with Gasteiger partial charge in [-0.3, -0.25) is 0 Å². The van der Waals surface area contributed by atoms with Gasteiger partial charge in [-0.1, -0.05) is 45.0 Å². The fourth-order valence-corrected chi connectivity index (χ4v) is 3.09. The molecule has 1 aliphatic rings. The normalized spacial score (nSPS) is 17.3. The summed E-state index contributed by atoms with van der Waals surface area (Å²) in [5.41, 5.74) is 3.57. The summed E-state index contributed by atoms with van der Waals surface area (Å²) >= 11 is 0. The number of anilines is 1. The first kappa shape index (κ1) is 16.9. The van der Waals surface area contributed by atoms with Crippen LogP contribution in [-0.2, 0) is 0 Å². The zero-order chi connectivity index (χ0) is 17.1. The lowest BCUT2D eigenvalue weighted by Gasteiger charge is -2.29. The van der Waals surface area contributed by atoms with Crippen molar-refractivity contribution in [2.75, 3.05) is 18.0 Å². The van der Waals surface area contributed by atoms with Gasteiger partial charge in [0.15, 0.2) is 0 Å². The van der Waals surface area contributed by atoms with Gasteiger partial charge in [0.25, 0.3) is 0 Å². The van der Waals surface area contributed by atoms with Crippen molar-refractivity contribution in [1.29, 1.82) is 0 Å². The number of rotatable bonds is 4. The van der Waals surface area contributed by atoms with Gasteiger partial charge in [0, 0.05) is 31.0 Å². The van der Waals surface area contributed by atoms with Gasteiger partial charge < -0.3 is 10.0 Å². The summed E-state index contributed by atoms with van der Waals surface area (Å²) < 4.78 is 0. The van der Waals surface area contributed by atoms with Crippen molar-refractivity contribution in [2.45, 2.75) is 45.6 Å². The molecule has 0 radical (unpaired) electrons. The fraction of sp³-hybridized carbons (Fsp3) is 0.500. The molecule has 1 atom stereocenters. The first-order valence-corrected chi connectivity index (χ1v) is 8.90. The molecule has 1 aliphatic heterocycles. The molecule has 0 spiro atoms. The lowest BCUT2D eigenvalue weighted by molar-refractivity contribution is 0.145. The van der Waals surface area contributed by atoms with Crippen LogP contribution >= 0.6 is 0 Å². The second-order valence-corrected chi connectivity index (χ2v) is 7.15. The summed E-state index contributed by atoms with van der Waals surface area (Å²) in [6, 6.07) is 8.68. The van der Waals surface area contributed by atoms with Crippen LogP contribution in [0.5, 0.6) is 0 Å². The maximum atomic E-state index is 9.61. The molecule has 1 saturated heterocycles. The minimum Gasteiger partial charge on any atom is -0.393 e. The molecule has 1 N–H and O–H groups in total. The molecular formula is C20H27N3O. The number of hydrogen-bond acceptors (Lipinski definition) is 4. The van der Waals surface area contributed by atoms with Crippen molar-refractivity contribution in [3.63, 3.8) is 0 Å². The number of nitrogens with zero attached hydrogens (tertiary/aromatic N) is 3. The third kappa shape index (κ3) is 3.75. The van der Waals surface area contributed by atoms with E-state index in [0.717, 1.165) is 37.4 Å². The van der Waals surface area contributed by atoms with E-state index in [1.807, 2.05) is 12.4 Å². The van der Waals surface area contributed by atoms with Crippen molar-refractivity contribution in [3.8, 4) is 11.1 Å². The molecule has 0 amide bonds. The summed E-state index contributed by atoms with van der Waals surface area (Å²) in [5, 5.41) is 9.61. The molecule has 1 fully saturated rings. The number of hydrogen-bond donors (Lipinski definition) is 1. The highest BCUT2D eigenvalue weighted by atomic mass is 16.3. The molecule has 1 aromatic heterocycles. The maximum absolute atomic E-state index is 9.61. The Morgan fingerprint density at radius 1 is 1.04 bits per heavy atom. The Kier molecular flexibility index (Phi) is 5.14. The largest absolute Gasteiger partial charge is 0.393 e. The van der Waals surface area contributed by atoms with Crippen LogP contribution < -0.4 is 4.90 Å². The highest BCUT2D eigenvalue weighted by Gasteiger charge is 2.19. The molecule has 4 nitrogen and oxygen atoms in total. The Balaban J connectivity index is 1.77. The molecule has 3 rings (SSSR count). The van der Waals surface area contributed by atoms with Crippen LogP contribution in [0, 0.1) is 5.92 Å². The minimum absolute atomic E-state index is 0.175. The molecule has 0 saturated carbocycles. The van der Waals surface area contributed by atoms with Crippen LogP contribution in [0.25, 0.3) is 11.1 Å². The average Bonchev–Trinajstić information content (AvgIpc) is 2.62.